The molecule has 0 heterocycles. The number of rotatable bonds is 3. The fraction of sp³-hybridized carbons (Fsp3) is 1.00. The lowest BCUT2D eigenvalue weighted by molar-refractivity contribution is -0.771. The van der Waals surface area contributed by atoms with Crippen LogP contribution in [-0.4, -0.2) is 21.9 Å². The standard InChI is InChI=1S/C5H11NO4/c1-4(5(2,3)7)10-6(8)9/h4,7H,1-3H3. The Morgan fingerprint density at radius 3 is 2.20 bits per heavy atom. The Hall–Kier alpha value is -0.840. The van der Waals surface area contributed by atoms with Crippen LogP contribution in [0.4, 0.5) is 0 Å². The highest BCUT2D eigenvalue weighted by Crippen LogP contribution is 2.10. The lowest BCUT2D eigenvalue weighted by Gasteiger charge is -2.22. The molecule has 0 aliphatic rings. The number of aliphatic hydroxyl groups is 1. The maximum Gasteiger partial charge on any atom is 0.294 e. The van der Waals surface area contributed by atoms with E-state index in [2.05, 4.69) is 4.84 Å². The minimum atomic E-state index is -1.17. The molecular formula is C5H11NO4. The summed E-state index contributed by atoms with van der Waals surface area (Å²) >= 11 is 0. The number of hydrogen-bond donors (Lipinski definition) is 1. The van der Waals surface area contributed by atoms with Gasteiger partial charge in [0, 0.05) is 0 Å². The van der Waals surface area contributed by atoms with Crippen molar-refractivity contribution in [3.63, 3.8) is 0 Å². The third-order valence-corrected chi connectivity index (χ3v) is 1.24. The molecular weight excluding hydrogens is 138 g/mol. The van der Waals surface area contributed by atoms with Gasteiger partial charge in [-0.25, -0.2) is 0 Å². The van der Waals surface area contributed by atoms with Gasteiger partial charge in [-0.3, -0.25) is 0 Å². The first-order valence-corrected chi connectivity index (χ1v) is 2.87. The molecule has 0 aliphatic carbocycles. The minimum absolute atomic E-state index is 0.803. The lowest BCUT2D eigenvalue weighted by atomic mass is 10.0. The van der Waals surface area contributed by atoms with E-state index in [0.717, 1.165) is 0 Å². The molecule has 0 amide bonds. The van der Waals surface area contributed by atoms with Gasteiger partial charge in [-0.2, -0.15) is 0 Å². The quantitative estimate of drug-likeness (QED) is 0.464. The van der Waals surface area contributed by atoms with Crippen molar-refractivity contribution in [3.05, 3.63) is 10.1 Å². The van der Waals surface area contributed by atoms with Crippen LogP contribution in [0, 0.1) is 10.1 Å². The molecule has 0 aliphatic heterocycles. The van der Waals surface area contributed by atoms with E-state index in [1.54, 1.807) is 0 Å². The zero-order chi connectivity index (χ0) is 8.36. The van der Waals surface area contributed by atoms with E-state index >= 15 is 0 Å². The molecule has 0 aromatic heterocycles. The Balaban J connectivity index is 3.85. The summed E-state index contributed by atoms with van der Waals surface area (Å²) in [7, 11) is 0. The van der Waals surface area contributed by atoms with Gasteiger partial charge >= 0.3 is 0 Å². The van der Waals surface area contributed by atoms with Crippen LogP contribution in [0.3, 0.4) is 0 Å². The Bertz CT molecular complexity index is 128. The van der Waals surface area contributed by atoms with Gasteiger partial charge in [0.25, 0.3) is 5.09 Å². The van der Waals surface area contributed by atoms with Crippen LogP contribution < -0.4 is 0 Å². The SMILES string of the molecule is CC(O[N+](=O)[O-])C(C)(C)O. The summed E-state index contributed by atoms with van der Waals surface area (Å²) in [6.45, 7) is 4.32. The molecule has 0 aromatic rings. The first-order chi connectivity index (χ1) is 4.34. The summed E-state index contributed by atoms with van der Waals surface area (Å²) < 4.78 is 0. The number of hydrogen-bond acceptors (Lipinski definition) is 4. The van der Waals surface area contributed by atoms with E-state index in [1.807, 2.05) is 0 Å². The zero-order valence-corrected chi connectivity index (χ0v) is 6.20. The second-order valence-corrected chi connectivity index (χ2v) is 2.62. The second kappa shape index (κ2) is 2.83. The molecule has 1 atom stereocenters. The second-order valence-electron chi connectivity index (χ2n) is 2.62. The van der Waals surface area contributed by atoms with Gasteiger partial charge in [0.15, 0.2) is 0 Å². The maximum atomic E-state index is 9.73. The molecule has 0 radical (unpaired) electrons. The van der Waals surface area contributed by atoms with Gasteiger partial charge in [0.2, 0.25) is 0 Å². The molecule has 5 heteroatoms. The Labute approximate surface area is 58.7 Å². The normalized spacial score (nSPS) is 14.4. The van der Waals surface area contributed by atoms with Crippen molar-refractivity contribution >= 4 is 0 Å². The zero-order valence-electron chi connectivity index (χ0n) is 6.20. The van der Waals surface area contributed by atoms with Crippen LogP contribution in [0.2, 0.25) is 0 Å². The van der Waals surface area contributed by atoms with Crippen LogP contribution in [0.25, 0.3) is 0 Å². The first-order valence-electron chi connectivity index (χ1n) is 2.87. The first kappa shape index (κ1) is 9.16. The van der Waals surface area contributed by atoms with Gasteiger partial charge in [-0.05, 0) is 20.8 Å². The Morgan fingerprint density at radius 2 is 2.10 bits per heavy atom. The molecule has 5 nitrogen and oxygen atoms in total. The highest BCUT2D eigenvalue weighted by molar-refractivity contribution is 4.71. The van der Waals surface area contributed by atoms with E-state index in [0.29, 0.717) is 0 Å². The van der Waals surface area contributed by atoms with Crippen molar-refractivity contribution in [2.24, 2.45) is 0 Å². The minimum Gasteiger partial charge on any atom is -0.388 e. The molecule has 0 spiro atoms. The third kappa shape index (κ3) is 3.24. The van der Waals surface area contributed by atoms with E-state index in [4.69, 9.17) is 5.11 Å². The average Bonchev–Trinajstić information content (AvgIpc) is 1.60. The maximum absolute atomic E-state index is 9.73. The van der Waals surface area contributed by atoms with E-state index in [9.17, 15) is 10.1 Å². The van der Waals surface area contributed by atoms with Crippen molar-refractivity contribution in [1.82, 2.24) is 0 Å². The van der Waals surface area contributed by atoms with Gasteiger partial charge in [0.05, 0.1) is 5.60 Å². The van der Waals surface area contributed by atoms with Crippen molar-refractivity contribution in [2.75, 3.05) is 0 Å². The van der Waals surface area contributed by atoms with Crippen LogP contribution in [-0.2, 0) is 4.84 Å². The van der Waals surface area contributed by atoms with E-state index < -0.39 is 16.8 Å². The summed E-state index contributed by atoms with van der Waals surface area (Å²) in [5.41, 5.74) is -1.17. The van der Waals surface area contributed by atoms with E-state index in [1.165, 1.54) is 20.8 Å². The van der Waals surface area contributed by atoms with Crippen LogP contribution in [0.1, 0.15) is 20.8 Å². The molecule has 0 saturated carbocycles. The third-order valence-electron chi connectivity index (χ3n) is 1.24. The molecule has 0 rings (SSSR count). The highest BCUT2D eigenvalue weighted by atomic mass is 17.0. The Kier molecular flexibility index (Phi) is 2.59. The summed E-state index contributed by atoms with van der Waals surface area (Å²) in [5, 5.41) is 17.9. The monoisotopic (exact) mass is 149 g/mol. The van der Waals surface area contributed by atoms with Crippen molar-refractivity contribution in [1.29, 1.82) is 0 Å². The predicted octanol–water partition coefficient (Wildman–Crippen LogP) is 0.354. The molecule has 0 fully saturated rings. The smallest absolute Gasteiger partial charge is 0.294 e. The average molecular weight is 149 g/mol. The molecule has 1 unspecified atom stereocenters. The molecule has 0 bridgehead atoms. The highest BCUT2D eigenvalue weighted by Gasteiger charge is 2.25. The largest absolute Gasteiger partial charge is 0.388 e. The molecule has 0 aromatic carbocycles. The summed E-state index contributed by atoms with van der Waals surface area (Å²) in [6, 6.07) is 0. The van der Waals surface area contributed by atoms with Gasteiger partial charge in [0.1, 0.15) is 6.10 Å². The fourth-order valence-corrected chi connectivity index (χ4v) is 0.258. The molecule has 0 saturated heterocycles. The topological polar surface area (TPSA) is 72.6 Å². The Morgan fingerprint density at radius 1 is 1.70 bits per heavy atom. The van der Waals surface area contributed by atoms with Crippen LogP contribution in [0.5, 0.6) is 0 Å². The fourth-order valence-electron chi connectivity index (χ4n) is 0.258. The van der Waals surface area contributed by atoms with Crippen molar-refractivity contribution < 1.29 is 15.0 Å². The predicted molar refractivity (Wildman–Crippen MR) is 33.8 cm³/mol. The van der Waals surface area contributed by atoms with Crippen LogP contribution in [0.15, 0.2) is 0 Å². The molecule has 1 N–H and O–H groups in total. The summed E-state index contributed by atoms with van der Waals surface area (Å²) in [6.07, 6.45) is -0.803. The van der Waals surface area contributed by atoms with Crippen molar-refractivity contribution in [2.45, 2.75) is 32.5 Å². The molecule has 60 valence electrons. The van der Waals surface area contributed by atoms with Gasteiger partial charge in [-0.1, -0.05) is 0 Å². The van der Waals surface area contributed by atoms with Gasteiger partial charge < -0.3 is 9.94 Å². The van der Waals surface area contributed by atoms with Crippen LogP contribution >= 0.6 is 0 Å². The van der Waals surface area contributed by atoms with Crippen molar-refractivity contribution in [3.8, 4) is 0 Å². The number of nitrogens with zero attached hydrogens (tertiary/aromatic N) is 1. The lowest BCUT2D eigenvalue weighted by Crippen LogP contribution is -2.37. The summed E-state index contributed by atoms with van der Waals surface area (Å²) in [5.74, 6) is 0. The van der Waals surface area contributed by atoms with E-state index in [-0.39, 0.29) is 0 Å². The summed E-state index contributed by atoms with van der Waals surface area (Å²) in [4.78, 5) is 13.8. The van der Waals surface area contributed by atoms with Gasteiger partial charge in [-0.15, -0.1) is 10.1 Å². The molecule has 10 heavy (non-hydrogen) atoms.